The minimum Gasteiger partial charge on any atom is -0.340 e. The predicted molar refractivity (Wildman–Crippen MR) is 151 cm³/mol. The van der Waals surface area contributed by atoms with Gasteiger partial charge in [0.05, 0.1) is 5.39 Å². The minimum absolute atomic E-state index is 0.301. The fraction of sp³-hybridized carbons (Fsp3) is 0.357. The number of carbonyl (C=O) groups excluding carboxylic acids is 1. The molecule has 1 aliphatic heterocycles. The Kier molecular flexibility index (Phi) is 7.17. The molecule has 190 valence electrons. The van der Waals surface area contributed by atoms with E-state index in [2.05, 4.69) is 58.1 Å². The van der Waals surface area contributed by atoms with E-state index in [1.54, 1.807) is 17.7 Å². The van der Waals surface area contributed by atoms with Crippen LogP contribution in [0.2, 0.25) is 0 Å². The lowest BCUT2D eigenvalue weighted by molar-refractivity contribution is -0.134. The van der Waals surface area contributed by atoms with E-state index in [9.17, 15) is 4.79 Å². The van der Waals surface area contributed by atoms with Crippen molar-refractivity contribution in [2.75, 3.05) is 31.5 Å². The summed E-state index contributed by atoms with van der Waals surface area (Å²) in [5, 5.41) is 4.62. The van der Waals surface area contributed by atoms with E-state index in [1.807, 2.05) is 36.7 Å². The van der Waals surface area contributed by atoms with Crippen molar-refractivity contribution < 1.29 is 4.79 Å². The Morgan fingerprint density at radius 3 is 2.76 bits per heavy atom. The van der Waals surface area contributed by atoms with Gasteiger partial charge in [-0.2, -0.15) is 0 Å². The van der Waals surface area contributed by atoms with Crippen LogP contribution in [0.25, 0.3) is 10.2 Å². The molecule has 0 radical (unpaired) electrons. The highest BCUT2D eigenvalue weighted by atomic mass is 79.9. The molecule has 4 heterocycles. The highest BCUT2D eigenvalue weighted by molar-refractivity contribution is 9.10. The smallest absolute Gasteiger partial charge is 0.222 e. The molecule has 4 aromatic rings. The van der Waals surface area contributed by atoms with Crippen LogP contribution in [-0.4, -0.2) is 56.8 Å². The summed E-state index contributed by atoms with van der Waals surface area (Å²) in [6.45, 7) is 4.39. The van der Waals surface area contributed by atoms with Gasteiger partial charge in [0.25, 0.3) is 0 Å². The largest absolute Gasteiger partial charge is 0.340 e. The fourth-order valence-corrected chi connectivity index (χ4v) is 7.13. The molecule has 1 aliphatic carbocycles. The number of fused-ring (bicyclic) bond motifs is 3. The molecule has 1 atom stereocenters. The Labute approximate surface area is 229 Å². The van der Waals surface area contributed by atoms with Crippen LogP contribution in [0.4, 0.5) is 11.5 Å². The SMILES string of the molecule is O=C(CC1CCc2c(sc3ncnc(Nc4cccc(Br)c4)c23)C1)N1CCN(Cc2ccncc2)CC1. The number of hydrogen-bond acceptors (Lipinski definition) is 7. The third kappa shape index (κ3) is 5.54. The van der Waals surface area contributed by atoms with Gasteiger partial charge in [-0.25, -0.2) is 9.97 Å². The van der Waals surface area contributed by atoms with Crippen molar-refractivity contribution in [2.24, 2.45) is 5.92 Å². The summed E-state index contributed by atoms with van der Waals surface area (Å²) < 4.78 is 1.03. The molecular weight excluding hydrogens is 548 g/mol. The third-order valence-corrected chi connectivity index (χ3v) is 9.03. The van der Waals surface area contributed by atoms with Crippen LogP contribution in [-0.2, 0) is 24.2 Å². The molecular formula is C28H29BrN6OS. The van der Waals surface area contributed by atoms with Crippen LogP contribution in [0, 0.1) is 5.92 Å². The van der Waals surface area contributed by atoms with Crippen molar-refractivity contribution in [1.82, 2.24) is 24.8 Å². The highest BCUT2D eigenvalue weighted by Gasteiger charge is 2.29. The summed E-state index contributed by atoms with van der Waals surface area (Å²) >= 11 is 5.30. The Morgan fingerprint density at radius 1 is 1.11 bits per heavy atom. The minimum atomic E-state index is 0.301. The summed E-state index contributed by atoms with van der Waals surface area (Å²) in [7, 11) is 0. The molecule has 1 aromatic carbocycles. The Balaban J connectivity index is 1.08. The number of carbonyl (C=O) groups is 1. The summed E-state index contributed by atoms with van der Waals surface area (Å²) in [6, 6.07) is 12.2. The van der Waals surface area contributed by atoms with Gasteiger partial charge in [0.15, 0.2) is 0 Å². The second kappa shape index (κ2) is 10.8. The predicted octanol–water partition coefficient (Wildman–Crippen LogP) is 5.43. The topological polar surface area (TPSA) is 74.2 Å². The lowest BCUT2D eigenvalue weighted by Gasteiger charge is -2.35. The Bertz CT molecular complexity index is 1400. The van der Waals surface area contributed by atoms with E-state index in [4.69, 9.17) is 0 Å². The van der Waals surface area contributed by atoms with E-state index in [0.29, 0.717) is 18.2 Å². The van der Waals surface area contributed by atoms with Gasteiger partial charge >= 0.3 is 0 Å². The van der Waals surface area contributed by atoms with Gasteiger partial charge in [0.1, 0.15) is 17.0 Å². The van der Waals surface area contributed by atoms with Gasteiger partial charge in [0.2, 0.25) is 5.91 Å². The molecule has 1 N–H and O–H groups in total. The first kappa shape index (κ1) is 24.5. The van der Waals surface area contributed by atoms with Crippen LogP contribution in [0.15, 0.2) is 59.6 Å². The van der Waals surface area contributed by atoms with Gasteiger partial charge in [-0.3, -0.25) is 14.7 Å². The lowest BCUT2D eigenvalue weighted by Crippen LogP contribution is -2.48. The van der Waals surface area contributed by atoms with Gasteiger partial charge in [-0.15, -0.1) is 11.3 Å². The van der Waals surface area contributed by atoms with Gasteiger partial charge in [0, 0.05) is 66.6 Å². The normalized spacial score (nSPS) is 18.1. The summed E-state index contributed by atoms with van der Waals surface area (Å²) in [6.07, 6.45) is 8.89. The molecule has 1 unspecified atom stereocenters. The van der Waals surface area contributed by atoms with Crippen molar-refractivity contribution in [3.05, 3.63) is 75.6 Å². The average molecular weight is 578 g/mol. The molecule has 3 aromatic heterocycles. The zero-order valence-electron chi connectivity index (χ0n) is 20.6. The van der Waals surface area contributed by atoms with Crippen molar-refractivity contribution in [3.8, 4) is 0 Å². The van der Waals surface area contributed by atoms with E-state index in [1.165, 1.54) is 16.0 Å². The molecule has 1 saturated heterocycles. The van der Waals surface area contributed by atoms with Crippen molar-refractivity contribution in [3.63, 3.8) is 0 Å². The quantitative estimate of drug-likeness (QED) is 0.330. The zero-order chi connectivity index (χ0) is 25.2. The van der Waals surface area contributed by atoms with Gasteiger partial charge in [-0.1, -0.05) is 22.0 Å². The number of pyridine rings is 1. The van der Waals surface area contributed by atoms with Gasteiger partial charge in [-0.05, 0) is 66.6 Å². The summed E-state index contributed by atoms with van der Waals surface area (Å²) in [5.74, 6) is 1.55. The molecule has 9 heteroatoms. The number of aromatic nitrogens is 3. The number of piperazine rings is 1. The van der Waals surface area contributed by atoms with E-state index < -0.39 is 0 Å². The second-order valence-electron chi connectivity index (χ2n) is 9.87. The van der Waals surface area contributed by atoms with Crippen LogP contribution < -0.4 is 5.32 Å². The number of amides is 1. The first-order valence-corrected chi connectivity index (χ1v) is 14.4. The number of halogens is 1. The maximum Gasteiger partial charge on any atom is 0.222 e. The van der Waals surface area contributed by atoms with Crippen LogP contribution in [0.1, 0.15) is 28.8 Å². The maximum atomic E-state index is 13.2. The number of anilines is 2. The molecule has 0 bridgehead atoms. The molecule has 0 saturated carbocycles. The second-order valence-corrected chi connectivity index (χ2v) is 11.9. The number of aryl methyl sites for hydroxylation is 1. The highest BCUT2D eigenvalue weighted by Crippen LogP contribution is 2.41. The fourth-order valence-electron chi connectivity index (χ4n) is 5.43. The van der Waals surface area contributed by atoms with E-state index in [0.717, 1.165) is 78.2 Å². The van der Waals surface area contributed by atoms with Gasteiger partial charge < -0.3 is 10.2 Å². The molecule has 37 heavy (non-hydrogen) atoms. The van der Waals surface area contributed by atoms with Crippen LogP contribution >= 0.6 is 27.3 Å². The molecule has 1 amide bonds. The molecule has 2 aliphatic rings. The summed E-state index contributed by atoms with van der Waals surface area (Å²) in [4.78, 5) is 33.3. The molecule has 7 nitrogen and oxygen atoms in total. The number of rotatable bonds is 6. The van der Waals surface area contributed by atoms with Crippen LogP contribution in [0.5, 0.6) is 0 Å². The number of benzene rings is 1. The Hall–Kier alpha value is -2.88. The number of nitrogens with one attached hydrogen (secondary N) is 1. The number of thiophene rings is 1. The van der Waals surface area contributed by atoms with Crippen molar-refractivity contribution >= 4 is 54.9 Å². The van der Waals surface area contributed by atoms with Crippen LogP contribution in [0.3, 0.4) is 0 Å². The first-order valence-electron chi connectivity index (χ1n) is 12.8. The number of hydrogen-bond donors (Lipinski definition) is 1. The monoisotopic (exact) mass is 576 g/mol. The van der Waals surface area contributed by atoms with E-state index >= 15 is 0 Å². The molecule has 0 spiro atoms. The summed E-state index contributed by atoms with van der Waals surface area (Å²) in [5.41, 5.74) is 3.62. The lowest BCUT2D eigenvalue weighted by atomic mass is 9.85. The Morgan fingerprint density at radius 2 is 1.95 bits per heavy atom. The van der Waals surface area contributed by atoms with Crippen molar-refractivity contribution in [1.29, 1.82) is 0 Å². The molecule has 6 rings (SSSR count). The van der Waals surface area contributed by atoms with E-state index in [-0.39, 0.29) is 0 Å². The molecule has 1 fully saturated rings. The number of nitrogens with zero attached hydrogens (tertiary/aromatic N) is 5. The average Bonchev–Trinajstić information content (AvgIpc) is 3.28. The first-order chi connectivity index (χ1) is 18.1. The third-order valence-electron chi connectivity index (χ3n) is 7.38. The zero-order valence-corrected chi connectivity index (χ0v) is 23.0. The van der Waals surface area contributed by atoms with Crippen molar-refractivity contribution in [2.45, 2.75) is 32.2 Å². The standard InChI is InChI=1S/C28H29BrN6OS/c29-21-2-1-3-22(16-21)33-27-26-23-5-4-20(14-24(23)37-28(26)32-18-31-27)15-25(36)35-12-10-34(11-13-35)17-19-6-8-30-9-7-19/h1-3,6-9,16,18,20H,4-5,10-15,17H2,(H,31,32,33). The maximum absolute atomic E-state index is 13.2.